The zero-order valence-corrected chi connectivity index (χ0v) is 10.1. The highest BCUT2D eigenvalue weighted by Crippen LogP contribution is 2.06. The summed E-state index contributed by atoms with van der Waals surface area (Å²) in [6.07, 6.45) is 2.03. The first-order valence-corrected chi connectivity index (χ1v) is 5.28. The van der Waals surface area contributed by atoms with Crippen LogP contribution in [0.15, 0.2) is 6.20 Å². The Hall–Kier alpha value is -1.92. The third-order valence-corrected chi connectivity index (χ3v) is 2.43. The second-order valence-electron chi connectivity index (χ2n) is 4.39. The predicted octanol–water partition coefficient (Wildman–Crippen LogP) is 0.281. The van der Waals surface area contributed by atoms with Gasteiger partial charge in [-0.25, -0.2) is 9.48 Å². The third kappa shape index (κ3) is 3.86. The number of aromatic carboxylic acids is 1. The Morgan fingerprint density at radius 2 is 2.18 bits per heavy atom. The van der Waals surface area contributed by atoms with E-state index < -0.39 is 5.97 Å². The van der Waals surface area contributed by atoms with Crippen molar-refractivity contribution in [2.75, 3.05) is 0 Å². The molecule has 0 atom stereocenters. The molecule has 0 spiro atoms. The Bertz CT molecular complexity index is 425. The minimum atomic E-state index is -1.16. The van der Waals surface area contributed by atoms with E-state index >= 15 is 0 Å². The maximum absolute atomic E-state index is 11.6. The van der Waals surface area contributed by atoms with Crippen molar-refractivity contribution in [1.82, 2.24) is 20.3 Å². The number of nitrogens with one attached hydrogen (secondary N) is 1. The van der Waals surface area contributed by atoms with E-state index in [1.807, 2.05) is 20.8 Å². The Balaban J connectivity index is 2.59. The zero-order valence-electron chi connectivity index (χ0n) is 10.1. The fourth-order valence-corrected chi connectivity index (χ4v) is 1.13. The van der Waals surface area contributed by atoms with Crippen molar-refractivity contribution in [3.8, 4) is 0 Å². The molecule has 0 radical (unpaired) electrons. The van der Waals surface area contributed by atoms with Crippen LogP contribution in [0.2, 0.25) is 0 Å². The summed E-state index contributed by atoms with van der Waals surface area (Å²) < 4.78 is 1.20. The van der Waals surface area contributed by atoms with Gasteiger partial charge in [-0.3, -0.25) is 4.79 Å². The number of carboxylic acid groups (broad SMARTS) is 1. The number of amides is 1. The molecule has 7 nitrogen and oxygen atoms in total. The van der Waals surface area contributed by atoms with Gasteiger partial charge >= 0.3 is 5.97 Å². The SMILES string of the molecule is CCC(C)(C)NC(=O)Cn1cc(C(=O)O)nn1. The summed E-state index contributed by atoms with van der Waals surface area (Å²) in [5.41, 5.74) is -0.458. The van der Waals surface area contributed by atoms with Gasteiger partial charge in [0.1, 0.15) is 6.54 Å². The summed E-state index contributed by atoms with van der Waals surface area (Å²) in [7, 11) is 0. The van der Waals surface area contributed by atoms with E-state index in [-0.39, 0.29) is 23.7 Å². The van der Waals surface area contributed by atoms with Crippen LogP contribution in [0.3, 0.4) is 0 Å². The molecule has 0 aliphatic heterocycles. The monoisotopic (exact) mass is 240 g/mol. The molecule has 0 saturated heterocycles. The van der Waals surface area contributed by atoms with Gasteiger partial charge in [0.25, 0.3) is 0 Å². The van der Waals surface area contributed by atoms with Crippen molar-refractivity contribution in [3.63, 3.8) is 0 Å². The van der Waals surface area contributed by atoms with E-state index in [1.165, 1.54) is 10.9 Å². The fraction of sp³-hybridized carbons (Fsp3) is 0.600. The molecule has 7 heteroatoms. The molecule has 1 amide bonds. The van der Waals surface area contributed by atoms with E-state index in [4.69, 9.17) is 5.11 Å². The summed E-state index contributed by atoms with van der Waals surface area (Å²) in [6.45, 7) is 5.76. The number of nitrogens with zero attached hydrogens (tertiary/aromatic N) is 3. The lowest BCUT2D eigenvalue weighted by atomic mass is 10.0. The van der Waals surface area contributed by atoms with Crippen molar-refractivity contribution < 1.29 is 14.7 Å². The Kier molecular flexibility index (Phi) is 3.82. The number of carbonyl (C=O) groups is 2. The Labute approximate surface area is 98.8 Å². The van der Waals surface area contributed by atoms with Gasteiger partial charge in [-0.15, -0.1) is 5.10 Å². The second kappa shape index (κ2) is 4.94. The lowest BCUT2D eigenvalue weighted by molar-refractivity contribution is -0.123. The van der Waals surface area contributed by atoms with Crippen molar-refractivity contribution in [2.24, 2.45) is 0 Å². The molecule has 1 aromatic rings. The van der Waals surface area contributed by atoms with E-state index in [0.29, 0.717) is 0 Å². The maximum Gasteiger partial charge on any atom is 0.358 e. The van der Waals surface area contributed by atoms with E-state index in [1.54, 1.807) is 0 Å². The molecule has 0 aromatic carbocycles. The lowest BCUT2D eigenvalue weighted by Gasteiger charge is -2.24. The molecule has 0 unspecified atom stereocenters. The van der Waals surface area contributed by atoms with Crippen LogP contribution in [0, 0.1) is 0 Å². The molecule has 2 N–H and O–H groups in total. The molecule has 94 valence electrons. The first-order valence-electron chi connectivity index (χ1n) is 5.28. The molecule has 1 aromatic heterocycles. The summed E-state index contributed by atoms with van der Waals surface area (Å²) in [4.78, 5) is 22.2. The Morgan fingerprint density at radius 1 is 1.53 bits per heavy atom. The third-order valence-electron chi connectivity index (χ3n) is 2.43. The van der Waals surface area contributed by atoms with Crippen molar-refractivity contribution in [3.05, 3.63) is 11.9 Å². The van der Waals surface area contributed by atoms with Gasteiger partial charge in [-0.05, 0) is 20.3 Å². The van der Waals surface area contributed by atoms with Crippen LogP contribution in [-0.4, -0.2) is 37.5 Å². The summed E-state index contributed by atoms with van der Waals surface area (Å²) >= 11 is 0. The number of carboxylic acids is 1. The van der Waals surface area contributed by atoms with Gasteiger partial charge in [0.15, 0.2) is 5.69 Å². The molecule has 0 fully saturated rings. The topological polar surface area (TPSA) is 97.1 Å². The number of hydrogen-bond acceptors (Lipinski definition) is 4. The number of aromatic nitrogens is 3. The van der Waals surface area contributed by atoms with Crippen LogP contribution in [0.4, 0.5) is 0 Å². The minimum Gasteiger partial charge on any atom is -0.476 e. The number of hydrogen-bond donors (Lipinski definition) is 2. The van der Waals surface area contributed by atoms with Gasteiger partial charge in [0.2, 0.25) is 5.91 Å². The average Bonchev–Trinajstić information content (AvgIpc) is 2.65. The first kappa shape index (κ1) is 13.1. The van der Waals surface area contributed by atoms with Crippen LogP contribution >= 0.6 is 0 Å². The molecule has 17 heavy (non-hydrogen) atoms. The van der Waals surface area contributed by atoms with Crippen molar-refractivity contribution >= 4 is 11.9 Å². The van der Waals surface area contributed by atoms with Gasteiger partial charge in [-0.1, -0.05) is 12.1 Å². The van der Waals surface area contributed by atoms with Crippen molar-refractivity contribution in [1.29, 1.82) is 0 Å². The van der Waals surface area contributed by atoms with Crippen LogP contribution in [-0.2, 0) is 11.3 Å². The summed E-state index contributed by atoms with van der Waals surface area (Å²) in [6, 6.07) is 0. The highest BCUT2D eigenvalue weighted by molar-refractivity contribution is 5.84. The fourth-order valence-electron chi connectivity index (χ4n) is 1.13. The first-order chi connectivity index (χ1) is 7.84. The predicted molar refractivity (Wildman–Crippen MR) is 59.5 cm³/mol. The smallest absolute Gasteiger partial charge is 0.358 e. The lowest BCUT2D eigenvalue weighted by Crippen LogP contribution is -2.44. The highest BCUT2D eigenvalue weighted by atomic mass is 16.4. The molecule has 0 aliphatic carbocycles. The molecule has 1 heterocycles. The van der Waals surface area contributed by atoms with Crippen LogP contribution < -0.4 is 5.32 Å². The van der Waals surface area contributed by atoms with Crippen molar-refractivity contribution in [2.45, 2.75) is 39.3 Å². The van der Waals surface area contributed by atoms with Crippen LogP contribution in [0.5, 0.6) is 0 Å². The standard InChI is InChI=1S/C10H16N4O3/c1-4-10(2,3)11-8(15)6-14-5-7(9(16)17)12-13-14/h5H,4,6H2,1-3H3,(H,11,15)(H,16,17). The largest absolute Gasteiger partial charge is 0.476 e. The number of carbonyl (C=O) groups excluding carboxylic acids is 1. The Morgan fingerprint density at radius 3 is 2.65 bits per heavy atom. The van der Waals surface area contributed by atoms with E-state index in [2.05, 4.69) is 15.6 Å². The molecular formula is C10H16N4O3. The molecule has 1 rings (SSSR count). The summed E-state index contributed by atoms with van der Waals surface area (Å²) in [5.74, 6) is -1.38. The summed E-state index contributed by atoms with van der Waals surface area (Å²) in [5, 5.41) is 18.4. The van der Waals surface area contributed by atoms with Gasteiger partial charge in [0, 0.05) is 5.54 Å². The van der Waals surface area contributed by atoms with E-state index in [9.17, 15) is 9.59 Å². The van der Waals surface area contributed by atoms with Crippen LogP contribution in [0.25, 0.3) is 0 Å². The zero-order chi connectivity index (χ0) is 13.1. The second-order valence-corrected chi connectivity index (χ2v) is 4.39. The number of rotatable bonds is 5. The molecule has 0 aliphatic rings. The maximum atomic E-state index is 11.6. The van der Waals surface area contributed by atoms with Gasteiger partial charge < -0.3 is 10.4 Å². The molecular weight excluding hydrogens is 224 g/mol. The minimum absolute atomic E-state index is 0.0380. The van der Waals surface area contributed by atoms with Gasteiger partial charge in [-0.2, -0.15) is 0 Å². The normalized spacial score (nSPS) is 11.2. The van der Waals surface area contributed by atoms with E-state index in [0.717, 1.165) is 6.42 Å². The van der Waals surface area contributed by atoms with Gasteiger partial charge in [0.05, 0.1) is 6.20 Å². The quantitative estimate of drug-likeness (QED) is 0.770. The molecule has 0 bridgehead atoms. The van der Waals surface area contributed by atoms with Crippen LogP contribution in [0.1, 0.15) is 37.7 Å². The highest BCUT2D eigenvalue weighted by Gasteiger charge is 2.18. The molecule has 0 saturated carbocycles. The average molecular weight is 240 g/mol.